The molecule has 0 aromatic heterocycles. The first kappa shape index (κ1) is 18.3. The lowest BCUT2D eigenvalue weighted by Crippen LogP contribution is -2.41. The van der Waals surface area contributed by atoms with Crippen molar-refractivity contribution in [1.82, 2.24) is 10.2 Å². The Kier molecular flexibility index (Phi) is 6.64. The fraction of sp³-hybridized carbons (Fsp3) is 0.579. The van der Waals surface area contributed by atoms with Crippen LogP contribution < -0.4 is 10.1 Å². The number of likely N-dealkylation sites (tertiary alicyclic amines) is 1. The lowest BCUT2D eigenvalue weighted by molar-refractivity contribution is -0.132. The van der Waals surface area contributed by atoms with E-state index in [1.165, 1.54) is 0 Å². The molecule has 1 unspecified atom stereocenters. The first-order valence-corrected chi connectivity index (χ1v) is 8.81. The summed E-state index contributed by atoms with van der Waals surface area (Å²) >= 11 is 0. The summed E-state index contributed by atoms with van der Waals surface area (Å²) in [7, 11) is 0. The highest BCUT2D eigenvalue weighted by atomic mass is 16.5. The maximum atomic E-state index is 12.3. The largest absolute Gasteiger partial charge is 0.492 e. The Hall–Kier alpha value is -2.04. The highest BCUT2D eigenvalue weighted by Gasteiger charge is 2.23. The molecule has 1 aromatic rings. The third kappa shape index (κ3) is 4.98. The predicted octanol–water partition coefficient (Wildman–Crippen LogP) is 2.85. The zero-order chi connectivity index (χ0) is 17.5. The van der Waals surface area contributed by atoms with Crippen molar-refractivity contribution in [2.45, 2.75) is 46.1 Å². The summed E-state index contributed by atoms with van der Waals surface area (Å²) in [6, 6.07) is 7.39. The number of carbonyl (C=O) groups is 2. The average molecular weight is 332 g/mol. The van der Waals surface area contributed by atoms with Crippen LogP contribution in [0, 0.1) is 5.92 Å². The molecule has 24 heavy (non-hydrogen) atoms. The topological polar surface area (TPSA) is 58.6 Å². The third-order valence-corrected chi connectivity index (χ3v) is 4.20. The van der Waals surface area contributed by atoms with Crippen LogP contribution >= 0.6 is 0 Å². The van der Waals surface area contributed by atoms with Crippen LogP contribution in [-0.4, -0.2) is 42.5 Å². The van der Waals surface area contributed by atoms with Gasteiger partial charge in [-0.05, 0) is 38.8 Å². The van der Waals surface area contributed by atoms with Crippen molar-refractivity contribution < 1.29 is 14.3 Å². The van der Waals surface area contributed by atoms with E-state index >= 15 is 0 Å². The minimum absolute atomic E-state index is 0.0810. The van der Waals surface area contributed by atoms with Crippen LogP contribution in [0.25, 0.3) is 0 Å². The first-order valence-electron chi connectivity index (χ1n) is 8.81. The summed E-state index contributed by atoms with van der Waals surface area (Å²) in [5, 5.41) is 2.90. The standard InChI is InChI=1S/C19H28N2O3/c1-4-18(22)21-11-7-8-15(12-21)13-24-17-10-6-5-9-16(17)19(23)20-14(2)3/h5-6,9-10,14-15H,4,7-8,11-13H2,1-3H3,(H,20,23). The van der Waals surface area contributed by atoms with Crippen LogP contribution in [0.2, 0.25) is 0 Å². The normalized spacial score (nSPS) is 17.7. The fourth-order valence-corrected chi connectivity index (χ4v) is 2.98. The molecule has 1 fully saturated rings. The van der Waals surface area contributed by atoms with E-state index in [0.717, 1.165) is 25.9 Å². The number of carbonyl (C=O) groups excluding carboxylic acids is 2. The van der Waals surface area contributed by atoms with Crippen molar-refractivity contribution in [3.05, 3.63) is 29.8 Å². The number of hydrogen-bond acceptors (Lipinski definition) is 3. The Balaban J connectivity index is 1.97. The molecule has 1 saturated heterocycles. The van der Waals surface area contributed by atoms with Crippen molar-refractivity contribution in [3.8, 4) is 5.75 Å². The van der Waals surface area contributed by atoms with Gasteiger partial charge in [0.1, 0.15) is 5.75 Å². The fourth-order valence-electron chi connectivity index (χ4n) is 2.98. The molecule has 132 valence electrons. The molecule has 0 bridgehead atoms. The Labute approximate surface area is 144 Å². The molecular formula is C19H28N2O3. The molecule has 1 atom stereocenters. The van der Waals surface area contributed by atoms with Crippen LogP contribution in [0.15, 0.2) is 24.3 Å². The Morgan fingerprint density at radius 1 is 1.33 bits per heavy atom. The number of nitrogens with one attached hydrogen (secondary N) is 1. The van der Waals surface area contributed by atoms with Gasteiger partial charge in [-0.3, -0.25) is 9.59 Å². The highest BCUT2D eigenvalue weighted by Crippen LogP contribution is 2.22. The van der Waals surface area contributed by atoms with Crippen LogP contribution in [0.4, 0.5) is 0 Å². The lowest BCUT2D eigenvalue weighted by atomic mass is 9.98. The van der Waals surface area contributed by atoms with E-state index in [-0.39, 0.29) is 17.9 Å². The second-order valence-electron chi connectivity index (χ2n) is 6.64. The molecule has 2 amide bonds. The number of nitrogens with zero attached hydrogens (tertiary/aromatic N) is 1. The summed E-state index contributed by atoms with van der Waals surface area (Å²) in [6.45, 7) is 7.88. The molecule has 5 heteroatoms. The van der Waals surface area contributed by atoms with Crippen LogP contribution in [0.5, 0.6) is 5.75 Å². The van der Waals surface area contributed by atoms with Gasteiger partial charge in [-0.2, -0.15) is 0 Å². The van der Waals surface area contributed by atoms with Gasteiger partial charge in [0.2, 0.25) is 5.91 Å². The van der Waals surface area contributed by atoms with Crippen molar-refractivity contribution >= 4 is 11.8 Å². The van der Waals surface area contributed by atoms with E-state index in [0.29, 0.717) is 30.3 Å². The third-order valence-electron chi connectivity index (χ3n) is 4.20. The zero-order valence-corrected chi connectivity index (χ0v) is 14.9. The van der Waals surface area contributed by atoms with E-state index in [9.17, 15) is 9.59 Å². The molecule has 0 radical (unpaired) electrons. The number of benzene rings is 1. The minimum atomic E-state index is -0.118. The van der Waals surface area contributed by atoms with Gasteiger partial charge >= 0.3 is 0 Å². The lowest BCUT2D eigenvalue weighted by Gasteiger charge is -2.32. The van der Waals surface area contributed by atoms with Crippen LogP contribution in [-0.2, 0) is 4.79 Å². The molecule has 1 heterocycles. The van der Waals surface area contributed by atoms with E-state index in [1.807, 2.05) is 43.9 Å². The Bertz CT molecular complexity index is 571. The van der Waals surface area contributed by atoms with Gasteiger partial charge in [0.15, 0.2) is 0 Å². The van der Waals surface area contributed by atoms with Crippen molar-refractivity contribution in [1.29, 1.82) is 0 Å². The van der Waals surface area contributed by atoms with Crippen molar-refractivity contribution in [2.24, 2.45) is 5.92 Å². The molecule has 1 aliphatic heterocycles. The second-order valence-corrected chi connectivity index (χ2v) is 6.64. The molecule has 1 aliphatic rings. The molecule has 2 rings (SSSR count). The number of rotatable bonds is 6. The van der Waals surface area contributed by atoms with Gasteiger partial charge in [-0.15, -0.1) is 0 Å². The quantitative estimate of drug-likeness (QED) is 0.871. The molecule has 0 saturated carbocycles. The first-order chi connectivity index (χ1) is 11.5. The summed E-state index contributed by atoms with van der Waals surface area (Å²) in [5.74, 6) is 1.01. The monoisotopic (exact) mass is 332 g/mol. The van der Waals surface area contributed by atoms with Gasteiger partial charge in [0, 0.05) is 31.5 Å². The molecule has 1 aromatic carbocycles. The van der Waals surface area contributed by atoms with Gasteiger partial charge < -0.3 is 15.0 Å². The number of ether oxygens (including phenoxy) is 1. The van der Waals surface area contributed by atoms with Crippen LogP contribution in [0.1, 0.15) is 50.4 Å². The molecular weight excluding hydrogens is 304 g/mol. The maximum Gasteiger partial charge on any atom is 0.255 e. The zero-order valence-electron chi connectivity index (χ0n) is 14.9. The summed E-state index contributed by atoms with van der Waals surface area (Å²) in [5.41, 5.74) is 0.559. The molecule has 0 aliphatic carbocycles. The number of amides is 2. The average Bonchev–Trinajstić information content (AvgIpc) is 2.59. The minimum Gasteiger partial charge on any atom is -0.492 e. The number of hydrogen-bond donors (Lipinski definition) is 1. The predicted molar refractivity (Wildman–Crippen MR) is 94.1 cm³/mol. The summed E-state index contributed by atoms with van der Waals surface area (Å²) in [4.78, 5) is 26.1. The highest BCUT2D eigenvalue weighted by molar-refractivity contribution is 5.97. The van der Waals surface area contributed by atoms with E-state index in [4.69, 9.17) is 4.74 Å². The van der Waals surface area contributed by atoms with Gasteiger partial charge in [0.05, 0.1) is 12.2 Å². The van der Waals surface area contributed by atoms with Crippen molar-refractivity contribution in [2.75, 3.05) is 19.7 Å². The summed E-state index contributed by atoms with van der Waals surface area (Å²) in [6.07, 6.45) is 2.61. The maximum absolute atomic E-state index is 12.3. The molecule has 5 nitrogen and oxygen atoms in total. The van der Waals surface area contributed by atoms with E-state index in [2.05, 4.69) is 5.32 Å². The molecule has 1 N–H and O–H groups in total. The Morgan fingerprint density at radius 3 is 2.79 bits per heavy atom. The SMILES string of the molecule is CCC(=O)N1CCCC(COc2ccccc2C(=O)NC(C)C)C1. The van der Waals surface area contributed by atoms with Gasteiger partial charge in [-0.25, -0.2) is 0 Å². The smallest absolute Gasteiger partial charge is 0.255 e. The van der Waals surface area contributed by atoms with Crippen LogP contribution in [0.3, 0.4) is 0 Å². The number of piperidine rings is 1. The molecule has 0 spiro atoms. The van der Waals surface area contributed by atoms with Crippen molar-refractivity contribution in [3.63, 3.8) is 0 Å². The number of para-hydroxylation sites is 1. The second kappa shape index (κ2) is 8.71. The Morgan fingerprint density at radius 2 is 2.08 bits per heavy atom. The van der Waals surface area contributed by atoms with Gasteiger partial charge in [-0.1, -0.05) is 19.1 Å². The van der Waals surface area contributed by atoms with E-state index < -0.39 is 0 Å². The van der Waals surface area contributed by atoms with Gasteiger partial charge in [0.25, 0.3) is 5.91 Å². The summed E-state index contributed by atoms with van der Waals surface area (Å²) < 4.78 is 5.94. The van der Waals surface area contributed by atoms with E-state index in [1.54, 1.807) is 6.07 Å².